The molecule has 0 aliphatic carbocycles. The fraction of sp³-hybridized carbons (Fsp3) is 0.0667. The molecule has 0 saturated heterocycles. The third-order valence-corrected chi connectivity index (χ3v) is 13.5. The van der Waals surface area contributed by atoms with Gasteiger partial charge in [-0.05, 0) is 77.8 Å². The molecule has 0 radical (unpaired) electrons. The van der Waals surface area contributed by atoms with Crippen LogP contribution >= 0.6 is 7.14 Å². The first kappa shape index (κ1) is 28.0. The maximum atomic E-state index is 15.5. The van der Waals surface area contributed by atoms with E-state index in [-0.39, 0.29) is 5.41 Å². The van der Waals surface area contributed by atoms with E-state index < -0.39 is 7.14 Å². The van der Waals surface area contributed by atoms with Gasteiger partial charge in [0, 0.05) is 21.3 Å². The quantitative estimate of drug-likeness (QED) is 0.142. The van der Waals surface area contributed by atoms with Crippen molar-refractivity contribution < 1.29 is 4.57 Å². The zero-order valence-corrected chi connectivity index (χ0v) is 27.3. The molecule has 0 spiro atoms. The van der Waals surface area contributed by atoms with Gasteiger partial charge in [0.2, 0.25) is 0 Å². The van der Waals surface area contributed by atoms with Crippen LogP contribution in [0.2, 0.25) is 0 Å². The molecule has 1 nitrogen and oxygen atoms in total. The van der Waals surface area contributed by atoms with Gasteiger partial charge in [-0.3, -0.25) is 0 Å². The molecule has 8 aromatic carbocycles. The lowest BCUT2D eigenvalue weighted by atomic mass is 9.76. The molecule has 0 amide bonds. The monoisotopic (exact) mass is 620 g/mol. The maximum Gasteiger partial charge on any atom is 0.171 e. The summed E-state index contributed by atoms with van der Waals surface area (Å²) in [5, 5.41) is 10.2. The second-order valence-corrected chi connectivity index (χ2v) is 15.9. The van der Waals surface area contributed by atoms with Gasteiger partial charge in [-0.25, -0.2) is 0 Å². The van der Waals surface area contributed by atoms with Crippen molar-refractivity contribution >= 4 is 55.4 Å². The molecule has 1 unspecified atom stereocenters. The molecule has 0 N–H and O–H groups in total. The van der Waals surface area contributed by atoms with Gasteiger partial charge in [0.05, 0.1) is 0 Å². The van der Waals surface area contributed by atoms with Crippen LogP contribution in [0.4, 0.5) is 0 Å². The molecule has 2 heteroatoms. The van der Waals surface area contributed by atoms with E-state index in [0.717, 1.165) is 32.6 Å². The summed E-state index contributed by atoms with van der Waals surface area (Å²) < 4.78 is 15.5. The predicted octanol–water partition coefficient (Wildman–Crippen LogP) is 10.8. The summed E-state index contributed by atoms with van der Waals surface area (Å²) in [7, 11) is -3.10. The lowest BCUT2D eigenvalue weighted by Crippen LogP contribution is -2.42. The van der Waals surface area contributed by atoms with E-state index in [1.54, 1.807) is 0 Å². The van der Waals surface area contributed by atoms with Crippen LogP contribution in [0.5, 0.6) is 0 Å². The minimum atomic E-state index is -3.10. The van der Waals surface area contributed by atoms with Gasteiger partial charge in [-0.15, -0.1) is 0 Å². The van der Waals surface area contributed by atoms with Gasteiger partial charge in [-0.1, -0.05) is 166 Å². The molecule has 8 aromatic rings. The molecule has 0 aromatic heterocycles. The Bertz CT molecular complexity index is 2520. The topological polar surface area (TPSA) is 17.1 Å². The van der Waals surface area contributed by atoms with E-state index in [4.69, 9.17) is 0 Å². The number of hydrogen-bond acceptors (Lipinski definition) is 1. The molecule has 1 atom stereocenters. The van der Waals surface area contributed by atoms with Gasteiger partial charge < -0.3 is 4.57 Å². The van der Waals surface area contributed by atoms with Crippen molar-refractivity contribution in [3.05, 3.63) is 175 Å². The van der Waals surface area contributed by atoms with Crippen molar-refractivity contribution in [2.45, 2.75) is 19.3 Å². The van der Waals surface area contributed by atoms with Crippen LogP contribution in [-0.4, -0.2) is 0 Å². The van der Waals surface area contributed by atoms with E-state index in [1.807, 2.05) is 36.4 Å². The van der Waals surface area contributed by atoms with E-state index in [0.29, 0.717) is 0 Å². The largest absolute Gasteiger partial charge is 0.309 e. The standard InChI is InChI=1S/C45H33OP/c1-45(2)39-25-12-13-26-41(39)47(46,32-17-4-3-5-18-32)42-28-27-31(29-40(42)45)43-35-20-8-10-22-37(35)44(38-23-11-9-21-36(38)43)34-24-14-16-30-15-6-7-19-33(30)34/h3-29H,1-2H3. The van der Waals surface area contributed by atoms with Gasteiger partial charge in [0.1, 0.15) is 0 Å². The highest BCUT2D eigenvalue weighted by Gasteiger charge is 2.44. The molecule has 47 heavy (non-hydrogen) atoms. The second-order valence-electron chi connectivity index (χ2n) is 13.2. The third-order valence-electron chi connectivity index (χ3n) is 10.3. The summed E-state index contributed by atoms with van der Waals surface area (Å²) in [6, 6.07) is 58.1. The summed E-state index contributed by atoms with van der Waals surface area (Å²) in [6.07, 6.45) is 0. The van der Waals surface area contributed by atoms with E-state index in [9.17, 15) is 0 Å². The normalized spacial score (nSPS) is 16.6. The number of hydrogen-bond donors (Lipinski definition) is 0. The van der Waals surface area contributed by atoms with Crippen molar-refractivity contribution in [3.63, 3.8) is 0 Å². The van der Waals surface area contributed by atoms with Crippen LogP contribution in [-0.2, 0) is 9.98 Å². The van der Waals surface area contributed by atoms with Crippen molar-refractivity contribution in [3.8, 4) is 22.3 Å². The zero-order valence-electron chi connectivity index (χ0n) is 26.4. The van der Waals surface area contributed by atoms with Gasteiger partial charge in [-0.2, -0.15) is 0 Å². The lowest BCUT2D eigenvalue weighted by Gasteiger charge is -2.40. The average Bonchev–Trinajstić information content (AvgIpc) is 3.13. The van der Waals surface area contributed by atoms with Crippen LogP contribution in [0.25, 0.3) is 54.6 Å². The van der Waals surface area contributed by atoms with Gasteiger partial charge >= 0.3 is 0 Å². The summed E-state index contributed by atoms with van der Waals surface area (Å²) in [5.74, 6) is 0. The summed E-state index contributed by atoms with van der Waals surface area (Å²) >= 11 is 0. The lowest BCUT2D eigenvalue weighted by molar-refractivity contribution is 0.586. The smallest absolute Gasteiger partial charge is 0.171 e. The van der Waals surface area contributed by atoms with Crippen molar-refractivity contribution in [1.29, 1.82) is 0 Å². The van der Waals surface area contributed by atoms with Crippen molar-refractivity contribution in [2.24, 2.45) is 0 Å². The van der Waals surface area contributed by atoms with Crippen molar-refractivity contribution in [1.82, 2.24) is 0 Å². The molecule has 0 saturated carbocycles. The van der Waals surface area contributed by atoms with Crippen LogP contribution in [0.15, 0.2) is 164 Å². The van der Waals surface area contributed by atoms with Gasteiger partial charge in [0.15, 0.2) is 7.14 Å². The SMILES string of the molecule is CC1(C)c2ccccc2P(=O)(c2ccccc2)c2ccc(-c3c4ccccc4c(-c4cccc5ccccc45)c4ccccc34)cc21. The number of rotatable bonds is 3. The fourth-order valence-electron chi connectivity index (χ4n) is 8.11. The van der Waals surface area contributed by atoms with E-state index >= 15 is 4.57 Å². The Labute approximate surface area is 275 Å². The first-order valence-electron chi connectivity index (χ1n) is 16.3. The Kier molecular flexibility index (Phi) is 6.20. The minimum Gasteiger partial charge on any atom is -0.309 e. The number of benzene rings is 8. The summed E-state index contributed by atoms with van der Waals surface area (Å²) in [4.78, 5) is 0. The molecule has 9 rings (SSSR count). The van der Waals surface area contributed by atoms with Crippen LogP contribution in [0.1, 0.15) is 25.0 Å². The molecular weight excluding hydrogens is 587 g/mol. The van der Waals surface area contributed by atoms with Crippen molar-refractivity contribution in [2.75, 3.05) is 0 Å². The molecule has 224 valence electrons. The first-order valence-corrected chi connectivity index (χ1v) is 18.0. The average molecular weight is 621 g/mol. The molecule has 1 heterocycles. The highest BCUT2D eigenvalue weighted by molar-refractivity contribution is 7.85. The Morgan fingerprint density at radius 1 is 0.447 bits per heavy atom. The Balaban J connectivity index is 1.37. The Morgan fingerprint density at radius 2 is 0.979 bits per heavy atom. The minimum absolute atomic E-state index is 0.334. The van der Waals surface area contributed by atoms with Crippen LogP contribution in [0.3, 0.4) is 0 Å². The van der Waals surface area contributed by atoms with Crippen LogP contribution < -0.4 is 15.9 Å². The van der Waals surface area contributed by atoms with Crippen LogP contribution in [0, 0.1) is 0 Å². The highest BCUT2D eigenvalue weighted by atomic mass is 31.2. The molecule has 0 fully saturated rings. The Hall–Kier alpha value is -5.23. The molecule has 1 aliphatic heterocycles. The van der Waals surface area contributed by atoms with E-state index in [1.165, 1.54) is 49.0 Å². The summed E-state index contributed by atoms with van der Waals surface area (Å²) in [5.41, 5.74) is 6.80. The maximum absolute atomic E-state index is 15.5. The third kappa shape index (κ3) is 4.00. The van der Waals surface area contributed by atoms with E-state index in [2.05, 4.69) is 141 Å². The first-order chi connectivity index (χ1) is 23.0. The fourth-order valence-corrected chi connectivity index (χ4v) is 11.5. The second kappa shape index (κ2) is 10.4. The predicted molar refractivity (Wildman–Crippen MR) is 201 cm³/mol. The molecule has 0 bridgehead atoms. The molecular formula is C45H33OP. The summed E-state index contributed by atoms with van der Waals surface area (Å²) in [6.45, 7) is 4.56. The Morgan fingerprint density at radius 3 is 1.68 bits per heavy atom. The number of fused-ring (bicyclic) bond motifs is 5. The highest BCUT2D eigenvalue weighted by Crippen LogP contribution is 2.53. The molecule has 1 aliphatic rings. The zero-order chi connectivity index (χ0) is 31.8. The van der Waals surface area contributed by atoms with Gasteiger partial charge in [0.25, 0.3) is 0 Å².